The third-order valence-corrected chi connectivity index (χ3v) is 3.35. The Morgan fingerprint density at radius 3 is 2.21 bits per heavy atom. The molecule has 1 aromatic rings. The number of aliphatic hydroxyl groups is 1. The summed E-state index contributed by atoms with van der Waals surface area (Å²) in [5.41, 5.74) is 1.27. The van der Waals surface area contributed by atoms with Gasteiger partial charge in [-0.1, -0.05) is 32.8 Å². The van der Waals surface area contributed by atoms with Crippen molar-refractivity contribution in [3.8, 4) is 0 Å². The molecule has 0 unspecified atom stereocenters. The van der Waals surface area contributed by atoms with E-state index in [1.165, 1.54) is 6.07 Å². The molecule has 0 aliphatic carbocycles. The van der Waals surface area contributed by atoms with Gasteiger partial charge in [-0.15, -0.1) is 0 Å². The van der Waals surface area contributed by atoms with Crippen molar-refractivity contribution in [3.63, 3.8) is 0 Å². The smallest absolute Gasteiger partial charge is 0.131 e. The molecule has 0 radical (unpaired) electrons. The van der Waals surface area contributed by atoms with E-state index < -0.39 is 6.10 Å². The van der Waals surface area contributed by atoms with Gasteiger partial charge in [-0.2, -0.15) is 0 Å². The van der Waals surface area contributed by atoms with E-state index in [1.54, 1.807) is 13.0 Å². The van der Waals surface area contributed by atoms with E-state index in [9.17, 15) is 9.50 Å². The largest absolute Gasteiger partial charge is 0.389 e. The highest BCUT2D eigenvalue weighted by Crippen LogP contribution is 2.29. The highest BCUT2D eigenvalue weighted by atomic mass is 19.1. The topological polar surface area (TPSA) is 23.5 Å². The molecule has 1 aromatic carbocycles. The molecule has 0 saturated heterocycles. The minimum atomic E-state index is -0.776. The van der Waals surface area contributed by atoms with Crippen LogP contribution in [0.2, 0.25) is 0 Å². The van der Waals surface area contributed by atoms with E-state index in [1.807, 2.05) is 6.07 Å². The summed E-state index contributed by atoms with van der Waals surface area (Å²) in [6, 6.07) is 5.06. The minimum Gasteiger partial charge on any atom is -0.389 e. The summed E-state index contributed by atoms with van der Waals surface area (Å²) in [4.78, 5) is 2.21. The molecule has 0 heterocycles. The van der Waals surface area contributed by atoms with Crippen molar-refractivity contribution in [1.82, 2.24) is 0 Å². The van der Waals surface area contributed by atoms with Crippen LogP contribution in [0.3, 0.4) is 0 Å². The number of rotatable bonds is 8. The summed E-state index contributed by atoms with van der Waals surface area (Å²) in [6.45, 7) is 7.76. The molecule has 0 spiro atoms. The molecule has 0 aliphatic rings. The Balaban J connectivity index is 3.02. The van der Waals surface area contributed by atoms with E-state index in [2.05, 4.69) is 18.7 Å². The Labute approximate surface area is 116 Å². The Hall–Kier alpha value is -1.09. The molecule has 1 N–H and O–H groups in total. The zero-order valence-electron chi connectivity index (χ0n) is 12.3. The van der Waals surface area contributed by atoms with Gasteiger partial charge >= 0.3 is 0 Å². The van der Waals surface area contributed by atoms with Gasteiger partial charge in [-0.3, -0.25) is 0 Å². The summed E-state index contributed by atoms with van der Waals surface area (Å²) in [5, 5.41) is 9.82. The molecule has 1 atom stereocenters. The normalized spacial score (nSPS) is 12.5. The lowest BCUT2D eigenvalue weighted by Crippen LogP contribution is -2.27. The van der Waals surface area contributed by atoms with Crippen LogP contribution >= 0.6 is 0 Å². The molecule has 108 valence electrons. The van der Waals surface area contributed by atoms with E-state index in [0.717, 1.165) is 44.5 Å². The zero-order valence-corrected chi connectivity index (χ0v) is 12.3. The lowest BCUT2D eigenvalue weighted by molar-refractivity contribution is 0.194. The van der Waals surface area contributed by atoms with Crippen molar-refractivity contribution in [2.45, 2.75) is 52.6 Å². The van der Waals surface area contributed by atoms with Crippen molar-refractivity contribution in [3.05, 3.63) is 29.6 Å². The molecular weight excluding hydrogens is 241 g/mol. The second kappa shape index (κ2) is 8.16. The molecule has 19 heavy (non-hydrogen) atoms. The van der Waals surface area contributed by atoms with Gasteiger partial charge in [0.2, 0.25) is 0 Å². The van der Waals surface area contributed by atoms with Crippen molar-refractivity contribution in [2.24, 2.45) is 0 Å². The van der Waals surface area contributed by atoms with Crippen molar-refractivity contribution < 1.29 is 9.50 Å². The minimum absolute atomic E-state index is 0.314. The number of anilines is 1. The third kappa shape index (κ3) is 4.50. The van der Waals surface area contributed by atoms with E-state index >= 15 is 0 Å². The number of hydrogen-bond donors (Lipinski definition) is 1. The van der Waals surface area contributed by atoms with Gasteiger partial charge < -0.3 is 10.0 Å². The third-order valence-electron chi connectivity index (χ3n) is 3.35. The van der Waals surface area contributed by atoms with Crippen LogP contribution in [0.4, 0.5) is 10.1 Å². The molecular formula is C16H26FNO. The number of nitrogens with zero attached hydrogens (tertiary/aromatic N) is 1. The first-order valence-corrected chi connectivity index (χ1v) is 7.33. The van der Waals surface area contributed by atoms with Gasteiger partial charge in [0.25, 0.3) is 0 Å². The molecule has 0 aliphatic heterocycles. The fourth-order valence-electron chi connectivity index (χ4n) is 2.27. The van der Waals surface area contributed by atoms with E-state index in [-0.39, 0.29) is 5.82 Å². The first-order chi connectivity index (χ1) is 9.11. The van der Waals surface area contributed by atoms with E-state index in [4.69, 9.17) is 0 Å². The summed E-state index contributed by atoms with van der Waals surface area (Å²) in [5.74, 6) is -0.314. The Bertz CT molecular complexity index is 371. The van der Waals surface area contributed by atoms with Crippen molar-refractivity contribution >= 4 is 5.69 Å². The fraction of sp³-hybridized carbons (Fsp3) is 0.625. The summed E-state index contributed by atoms with van der Waals surface area (Å²) >= 11 is 0. The Morgan fingerprint density at radius 2 is 1.74 bits per heavy atom. The lowest BCUT2D eigenvalue weighted by Gasteiger charge is -2.28. The van der Waals surface area contributed by atoms with Crippen LogP contribution in [-0.4, -0.2) is 18.2 Å². The first-order valence-electron chi connectivity index (χ1n) is 7.33. The fourth-order valence-corrected chi connectivity index (χ4v) is 2.27. The van der Waals surface area contributed by atoms with Crippen molar-refractivity contribution in [2.75, 3.05) is 18.0 Å². The summed E-state index contributed by atoms with van der Waals surface area (Å²) < 4.78 is 13.9. The second-order valence-electron chi connectivity index (χ2n) is 5.04. The Morgan fingerprint density at radius 1 is 1.16 bits per heavy atom. The molecule has 1 rings (SSSR count). The molecule has 0 amide bonds. The van der Waals surface area contributed by atoms with Crippen LogP contribution in [0.25, 0.3) is 0 Å². The summed E-state index contributed by atoms with van der Waals surface area (Å²) in [6.07, 6.45) is 3.62. The molecule has 2 nitrogen and oxygen atoms in total. The highest BCUT2D eigenvalue weighted by Gasteiger charge is 2.17. The number of unbranched alkanes of at least 4 members (excludes halogenated alkanes) is 2. The highest BCUT2D eigenvalue weighted by molar-refractivity contribution is 5.55. The molecule has 3 heteroatoms. The van der Waals surface area contributed by atoms with Gasteiger partial charge in [-0.25, -0.2) is 4.39 Å². The van der Waals surface area contributed by atoms with Gasteiger partial charge in [0.05, 0.1) is 6.10 Å². The average molecular weight is 267 g/mol. The number of aliphatic hydroxyl groups excluding tert-OH is 1. The SMILES string of the molecule is CCCCN(CCCC)c1cccc(F)c1[C@H](C)O. The maximum atomic E-state index is 13.9. The monoisotopic (exact) mass is 267 g/mol. The number of hydrogen-bond acceptors (Lipinski definition) is 2. The Kier molecular flexibility index (Phi) is 6.85. The predicted octanol–water partition coefficient (Wildman–Crippen LogP) is 4.29. The zero-order chi connectivity index (χ0) is 14.3. The standard InChI is InChI=1S/C16H26FNO/c1-4-6-11-18(12-7-5-2)15-10-8-9-14(17)16(15)13(3)19/h8-10,13,19H,4-7,11-12H2,1-3H3/t13-/m0/s1. The van der Waals surface area contributed by atoms with Crippen LogP contribution in [0.5, 0.6) is 0 Å². The second-order valence-corrected chi connectivity index (χ2v) is 5.04. The molecule has 0 saturated carbocycles. The van der Waals surface area contributed by atoms with Crippen LogP contribution in [0.1, 0.15) is 58.1 Å². The molecule has 0 aromatic heterocycles. The molecule has 0 fully saturated rings. The number of halogens is 1. The first kappa shape index (κ1) is 16.0. The maximum absolute atomic E-state index is 13.9. The van der Waals surface area contributed by atoms with Gasteiger partial charge in [-0.05, 0) is 31.9 Å². The maximum Gasteiger partial charge on any atom is 0.131 e. The van der Waals surface area contributed by atoms with Gasteiger partial charge in [0, 0.05) is 24.3 Å². The van der Waals surface area contributed by atoms with Crippen LogP contribution < -0.4 is 4.90 Å². The average Bonchev–Trinajstić information content (AvgIpc) is 2.38. The van der Waals surface area contributed by atoms with Crippen molar-refractivity contribution in [1.29, 1.82) is 0 Å². The lowest BCUT2D eigenvalue weighted by atomic mass is 10.1. The van der Waals surface area contributed by atoms with Gasteiger partial charge in [0.1, 0.15) is 5.82 Å². The molecule has 0 bridgehead atoms. The van der Waals surface area contributed by atoms with E-state index in [0.29, 0.717) is 5.56 Å². The van der Waals surface area contributed by atoms with Crippen LogP contribution in [-0.2, 0) is 0 Å². The summed E-state index contributed by atoms with van der Waals surface area (Å²) in [7, 11) is 0. The van der Waals surface area contributed by atoms with Gasteiger partial charge in [0.15, 0.2) is 0 Å². The predicted molar refractivity (Wildman–Crippen MR) is 79.1 cm³/mol. The number of benzene rings is 1. The quantitative estimate of drug-likeness (QED) is 0.759. The van der Waals surface area contributed by atoms with Crippen LogP contribution in [0.15, 0.2) is 18.2 Å². The van der Waals surface area contributed by atoms with Crippen LogP contribution in [0, 0.1) is 5.82 Å².